The number of fused-ring (bicyclic) bond motifs is 1. The molecular weight excluding hydrogens is 478 g/mol. The quantitative estimate of drug-likeness (QED) is 0.191. The maximum Gasteiger partial charge on any atom is 0.288 e. The van der Waals surface area contributed by atoms with Crippen molar-refractivity contribution in [3.8, 4) is 11.5 Å². The summed E-state index contributed by atoms with van der Waals surface area (Å²) >= 11 is 6.24. The number of hydrazine groups is 1. The Morgan fingerprint density at radius 3 is 2.37 bits per heavy atom. The number of halogens is 2. The van der Waals surface area contributed by atoms with E-state index in [9.17, 15) is 15.0 Å². The van der Waals surface area contributed by atoms with Gasteiger partial charge in [-0.2, -0.15) is 0 Å². The molecule has 0 fully saturated rings. The lowest BCUT2D eigenvalue weighted by molar-refractivity contribution is -0.115. The van der Waals surface area contributed by atoms with E-state index in [2.05, 4.69) is 31.9 Å². The zero-order valence-corrected chi connectivity index (χ0v) is 17.0. The third kappa shape index (κ3) is 3.78. The van der Waals surface area contributed by atoms with Crippen LogP contribution in [0.15, 0.2) is 63.2 Å². The van der Waals surface area contributed by atoms with Crippen LogP contribution in [0.4, 0.5) is 5.69 Å². The number of nitrogens with zero attached hydrogens (tertiary/aromatic N) is 1. The Bertz CT molecular complexity index is 1080. The lowest BCUT2D eigenvalue weighted by atomic mass is 10.1. The van der Waals surface area contributed by atoms with E-state index in [0.717, 1.165) is 15.8 Å². The van der Waals surface area contributed by atoms with E-state index in [1.807, 2.05) is 30.3 Å². The summed E-state index contributed by atoms with van der Waals surface area (Å²) in [6, 6.07) is 14.5. The molecule has 6 nitrogen and oxygen atoms in total. The van der Waals surface area contributed by atoms with E-state index >= 15 is 0 Å². The Morgan fingerprint density at radius 1 is 1.00 bits per heavy atom. The molecule has 0 bridgehead atoms. The fraction of sp³-hybridized carbons (Fsp3) is 0. The minimum absolute atomic E-state index is 0.0857. The van der Waals surface area contributed by atoms with Crippen LogP contribution in [0, 0.1) is 0 Å². The molecule has 0 radical (unpaired) electrons. The normalized spacial score (nSPS) is 11.6. The van der Waals surface area contributed by atoms with Gasteiger partial charge in [-0.05, 0) is 66.9 Å². The number of anilines is 1. The Hall–Kier alpha value is -2.55. The fourth-order valence-corrected chi connectivity index (χ4v) is 3.69. The Kier molecular flexibility index (Phi) is 5.41. The number of amides is 1. The summed E-state index contributed by atoms with van der Waals surface area (Å²) in [7, 11) is 0. The molecule has 6 N–H and O–H groups in total. The van der Waals surface area contributed by atoms with Crippen LogP contribution in [0.25, 0.3) is 16.8 Å². The van der Waals surface area contributed by atoms with Gasteiger partial charge in [-0.3, -0.25) is 4.79 Å². The zero-order chi connectivity index (χ0) is 19.7. The van der Waals surface area contributed by atoms with E-state index in [1.54, 1.807) is 12.1 Å². The van der Waals surface area contributed by atoms with Crippen molar-refractivity contribution in [2.75, 3.05) is 5.01 Å². The van der Waals surface area contributed by atoms with Crippen molar-refractivity contribution in [2.24, 2.45) is 11.6 Å². The summed E-state index contributed by atoms with van der Waals surface area (Å²) in [6.45, 7) is 0. The van der Waals surface area contributed by atoms with Gasteiger partial charge < -0.3 is 15.9 Å². The second-order valence-electron chi connectivity index (χ2n) is 5.77. The fourth-order valence-electron chi connectivity index (χ4n) is 2.54. The largest absolute Gasteiger partial charge is 0.506 e. The molecule has 138 valence electrons. The van der Waals surface area contributed by atoms with E-state index in [-0.39, 0.29) is 27.2 Å². The summed E-state index contributed by atoms with van der Waals surface area (Å²) < 4.78 is 0.417. The molecule has 0 aromatic heterocycles. The van der Waals surface area contributed by atoms with E-state index in [1.165, 1.54) is 12.1 Å². The molecule has 0 aliphatic heterocycles. The minimum atomic E-state index is -0.634. The van der Waals surface area contributed by atoms with Gasteiger partial charge in [0.15, 0.2) is 0 Å². The molecule has 8 heteroatoms. The molecule has 27 heavy (non-hydrogen) atoms. The topological polar surface area (TPSA) is 113 Å². The molecule has 3 aromatic rings. The average molecular weight is 493 g/mol. The first-order chi connectivity index (χ1) is 12.8. The summed E-state index contributed by atoms with van der Waals surface area (Å²) in [5.74, 6) is 4.90. The van der Waals surface area contributed by atoms with Crippen molar-refractivity contribution in [3.63, 3.8) is 0 Å². The summed E-state index contributed by atoms with van der Waals surface area (Å²) in [6.07, 6.45) is 1.29. The highest BCUT2D eigenvalue weighted by molar-refractivity contribution is 9.11. The van der Waals surface area contributed by atoms with Crippen molar-refractivity contribution in [1.82, 2.24) is 0 Å². The van der Waals surface area contributed by atoms with Crippen molar-refractivity contribution in [1.29, 1.82) is 0 Å². The van der Waals surface area contributed by atoms with Gasteiger partial charge in [0.25, 0.3) is 5.91 Å². The van der Waals surface area contributed by atoms with Crippen LogP contribution >= 0.6 is 31.9 Å². The lowest BCUT2D eigenvalue weighted by Crippen LogP contribution is -2.40. The van der Waals surface area contributed by atoms with Gasteiger partial charge in [0.2, 0.25) is 0 Å². The lowest BCUT2D eigenvalue weighted by Gasteiger charge is -2.17. The average Bonchev–Trinajstić information content (AvgIpc) is 2.68. The van der Waals surface area contributed by atoms with Gasteiger partial charge in [-0.15, -0.1) is 0 Å². The summed E-state index contributed by atoms with van der Waals surface area (Å²) in [4.78, 5) is 12.6. The first-order valence-electron chi connectivity index (χ1n) is 7.74. The van der Waals surface area contributed by atoms with Crippen LogP contribution in [0.5, 0.6) is 11.5 Å². The van der Waals surface area contributed by atoms with Crippen molar-refractivity contribution < 1.29 is 15.0 Å². The highest BCUT2D eigenvalue weighted by atomic mass is 79.9. The van der Waals surface area contributed by atoms with E-state index in [0.29, 0.717) is 10.2 Å². The number of benzene rings is 3. The second kappa shape index (κ2) is 7.59. The molecule has 3 aromatic carbocycles. The molecule has 3 rings (SSSR count). The maximum absolute atomic E-state index is 12.6. The molecular formula is C19H15Br2N3O3. The third-order valence-corrected chi connectivity index (χ3v) is 5.34. The number of phenols is 2. The number of hydrogen-bond donors (Lipinski definition) is 4. The molecule has 0 spiro atoms. The molecule has 1 amide bonds. The van der Waals surface area contributed by atoms with Gasteiger partial charge in [0.1, 0.15) is 16.0 Å². The van der Waals surface area contributed by atoms with E-state index in [4.69, 9.17) is 11.6 Å². The minimum Gasteiger partial charge on any atom is -0.506 e. The SMILES string of the molecule is NC(=Cc1cc(Br)c(O)c(Br)c1O)C(=O)N(N)c1ccc2ccccc2c1. The van der Waals surface area contributed by atoms with Gasteiger partial charge in [0.05, 0.1) is 15.9 Å². The highest BCUT2D eigenvalue weighted by Gasteiger charge is 2.18. The molecule has 0 saturated carbocycles. The Balaban J connectivity index is 1.93. The molecule has 0 unspecified atom stereocenters. The van der Waals surface area contributed by atoms with Crippen LogP contribution in [0.3, 0.4) is 0 Å². The van der Waals surface area contributed by atoms with E-state index < -0.39 is 5.91 Å². The van der Waals surface area contributed by atoms with Crippen LogP contribution in [-0.2, 0) is 4.79 Å². The van der Waals surface area contributed by atoms with Crippen LogP contribution in [-0.4, -0.2) is 16.1 Å². The monoisotopic (exact) mass is 491 g/mol. The summed E-state index contributed by atoms with van der Waals surface area (Å²) in [5.41, 5.74) is 6.44. The predicted octanol–water partition coefficient (Wildman–Crippen LogP) is 3.98. The number of rotatable bonds is 3. The second-order valence-corrected chi connectivity index (χ2v) is 7.41. The van der Waals surface area contributed by atoms with Gasteiger partial charge >= 0.3 is 0 Å². The highest BCUT2D eigenvalue weighted by Crippen LogP contribution is 2.41. The van der Waals surface area contributed by atoms with Crippen LogP contribution < -0.4 is 16.6 Å². The third-order valence-electron chi connectivity index (χ3n) is 3.99. The van der Waals surface area contributed by atoms with Crippen molar-refractivity contribution >= 4 is 60.3 Å². The standard InChI is InChI=1S/C19H15Br2N3O3/c20-14-8-12(17(25)16(21)18(14)26)9-15(22)19(27)24(23)13-6-5-10-3-1-2-4-11(10)7-13/h1-9,25-26H,22-23H2. The number of nitrogens with two attached hydrogens (primary N) is 2. The Morgan fingerprint density at radius 2 is 1.67 bits per heavy atom. The number of aromatic hydroxyl groups is 2. The summed E-state index contributed by atoms with van der Waals surface area (Å²) in [5, 5.41) is 22.8. The Labute approximate surface area is 171 Å². The van der Waals surface area contributed by atoms with Crippen LogP contribution in [0.1, 0.15) is 5.56 Å². The van der Waals surface area contributed by atoms with Crippen LogP contribution in [0.2, 0.25) is 0 Å². The first-order valence-corrected chi connectivity index (χ1v) is 9.33. The molecule has 0 saturated heterocycles. The zero-order valence-electron chi connectivity index (χ0n) is 13.9. The number of carbonyl (C=O) groups is 1. The predicted molar refractivity (Wildman–Crippen MR) is 113 cm³/mol. The number of hydrogen-bond acceptors (Lipinski definition) is 5. The maximum atomic E-state index is 12.6. The van der Waals surface area contributed by atoms with Crippen molar-refractivity contribution in [2.45, 2.75) is 0 Å². The van der Waals surface area contributed by atoms with Crippen molar-refractivity contribution in [3.05, 3.63) is 68.7 Å². The molecule has 0 heterocycles. The van der Waals surface area contributed by atoms with Gasteiger partial charge in [0, 0.05) is 5.56 Å². The molecule has 0 aliphatic carbocycles. The molecule has 0 atom stereocenters. The number of carbonyl (C=O) groups excluding carboxylic acids is 1. The number of phenolic OH excluding ortho intramolecular Hbond substituents is 2. The smallest absolute Gasteiger partial charge is 0.288 e. The first kappa shape index (κ1) is 19.2. The van der Waals surface area contributed by atoms with Gasteiger partial charge in [-0.1, -0.05) is 30.3 Å². The molecule has 0 aliphatic rings. The van der Waals surface area contributed by atoms with Gasteiger partial charge in [-0.25, -0.2) is 10.9 Å².